The Morgan fingerprint density at radius 2 is 2.10 bits per heavy atom. The van der Waals surface area contributed by atoms with Crippen LogP contribution < -0.4 is 4.90 Å². The van der Waals surface area contributed by atoms with E-state index in [2.05, 4.69) is 5.92 Å². The smallest absolute Gasteiger partial charge is 0.246 e. The molecule has 0 radical (unpaired) electrons. The first-order valence-corrected chi connectivity index (χ1v) is 7.49. The Bertz CT molecular complexity index is 743. The van der Waals surface area contributed by atoms with Crippen LogP contribution in [0.15, 0.2) is 23.1 Å². The third-order valence-corrected chi connectivity index (χ3v) is 5.36. The van der Waals surface area contributed by atoms with Gasteiger partial charge in [0, 0.05) is 5.56 Å². The lowest BCUT2D eigenvalue weighted by atomic mass is 10.1. The Balaban J connectivity index is 2.75. The van der Waals surface area contributed by atoms with Crippen LogP contribution in [0.1, 0.15) is 24.2 Å². The number of sulfone groups is 1. The maximum absolute atomic E-state index is 12.3. The zero-order valence-corrected chi connectivity index (χ0v) is 11.9. The molecular weight excluding hydrogens is 278 g/mol. The number of benzene rings is 1. The number of rotatable bonds is 2. The monoisotopic (exact) mass is 291 g/mol. The maximum atomic E-state index is 12.3. The second-order valence-corrected chi connectivity index (χ2v) is 6.79. The predicted octanol–water partition coefficient (Wildman–Crippen LogP) is 1.03. The highest BCUT2D eigenvalue weighted by Crippen LogP contribution is 2.35. The summed E-state index contributed by atoms with van der Waals surface area (Å²) < 4.78 is 24.7. The molecule has 1 aromatic carbocycles. The molecule has 1 unspecified atom stereocenters. The minimum atomic E-state index is -3.79. The molecule has 6 heteroatoms. The van der Waals surface area contributed by atoms with Gasteiger partial charge in [-0.2, -0.15) is 0 Å². The van der Waals surface area contributed by atoms with Crippen LogP contribution in [0.3, 0.4) is 0 Å². The number of hydrogen-bond acceptors (Lipinski definition) is 4. The molecule has 2 rings (SSSR count). The van der Waals surface area contributed by atoms with Crippen LogP contribution in [0.5, 0.6) is 0 Å². The number of anilines is 1. The van der Waals surface area contributed by atoms with Crippen molar-refractivity contribution in [3.05, 3.63) is 23.8 Å². The molecule has 0 aromatic heterocycles. The number of Topliss-reactive ketones (excluding diaryl/α,β-unsaturated/α-hetero) is 1. The van der Waals surface area contributed by atoms with E-state index in [0.717, 1.165) is 0 Å². The molecular formula is C14H13NO4S. The van der Waals surface area contributed by atoms with Gasteiger partial charge in [0.2, 0.25) is 5.91 Å². The minimum Gasteiger partial charge on any atom is -0.298 e. The number of fused-ring (bicyclic) bond motifs is 1. The molecule has 1 aromatic rings. The highest BCUT2D eigenvalue weighted by molar-refractivity contribution is 7.93. The topological polar surface area (TPSA) is 71.5 Å². The lowest BCUT2D eigenvalue weighted by Gasteiger charge is -2.31. The number of carbonyl (C=O) groups is 2. The summed E-state index contributed by atoms with van der Waals surface area (Å²) in [5.74, 6) is 1.55. The van der Waals surface area contributed by atoms with Gasteiger partial charge in [-0.15, -0.1) is 6.42 Å². The molecule has 0 fully saturated rings. The van der Waals surface area contributed by atoms with Gasteiger partial charge in [0.25, 0.3) is 0 Å². The van der Waals surface area contributed by atoms with E-state index in [1.807, 2.05) is 0 Å². The Labute approximate surface area is 117 Å². The number of terminal acetylenes is 1. The van der Waals surface area contributed by atoms with E-state index in [-0.39, 0.29) is 28.5 Å². The van der Waals surface area contributed by atoms with Crippen LogP contribution in [0, 0.1) is 12.3 Å². The number of hydrogen-bond donors (Lipinski definition) is 0. The fraction of sp³-hybridized carbons (Fsp3) is 0.286. The molecule has 0 N–H and O–H groups in total. The first-order chi connectivity index (χ1) is 9.30. The molecule has 1 amide bonds. The van der Waals surface area contributed by atoms with E-state index in [4.69, 9.17) is 6.42 Å². The van der Waals surface area contributed by atoms with E-state index in [1.165, 1.54) is 36.9 Å². The van der Waals surface area contributed by atoms with Crippen molar-refractivity contribution < 1.29 is 18.0 Å². The Hall–Kier alpha value is -2.13. The van der Waals surface area contributed by atoms with Crippen LogP contribution in [0.25, 0.3) is 0 Å². The van der Waals surface area contributed by atoms with E-state index in [9.17, 15) is 18.0 Å². The first kappa shape index (κ1) is 14.3. The summed E-state index contributed by atoms with van der Waals surface area (Å²) in [6.45, 7) is 2.67. The molecule has 0 saturated heterocycles. The molecule has 0 bridgehead atoms. The van der Waals surface area contributed by atoms with Crippen molar-refractivity contribution in [3.8, 4) is 12.3 Å². The fourth-order valence-corrected chi connectivity index (χ4v) is 3.63. The van der Waals surface area contributed by atoms with Gasteiger partial charge in [-0.25, -0.2) is 8.42 Å². The molecule has 1 aliphatic heterocycles. The summed E-state index contributed by atoms with van der Waals surface area (Å²) in [7, 11) is -3.79. The summed E-state index contributed by atoms with van der Waals surface area (Å²) in [4.78, 5) is 24.7. The summed E-state index contributed by atoms with van der Waals surface area (Å²) in [5.41, 5.74) is 0.519. The molecule has 0 saturated carbocycles. The summed E-state index contributed by atoms with van der Waals surface area (Å²) in [6.07, 6.45) is 5.22. The molecule has 1 atom stereocenters. The first-order valence-electron chi connectivity index (χ1n) is 5.94. The van der Waals surface area contributed by atoms with Gasteiger partial charge >= 0.3 is 0 Å². The standard InChI is InChI=1S/C14H13NO4S/c1-4-7-15-12-6-5-11(9(2)16)8-13(12)20(18,19)10(3)14(15)17/h1,5-6,8,10H,7H2,2-3H3. The quantitative estimate of drug-likeness (QED) is 0.603. The van der Waals surface area contributed by atoms with Crippen molar-refractivity contribution in [2.24, 2.45) is 0 Å². The minimum absolute atomic E-state index is 0.00882. The van der Waals surface area contributed by atoms with Crippen LogP contribution in [-0.4, -0.2) is 31.9 Å². The molecule has 1 aliphatic rings. The SMILES string of the molecule is C#CCN1C(=O)C(C)S(=O)(=O)c2cc(C(C)=O)ccc21. The van der Waals surface area contributed by atoms with Crippen molar-refractivity contribution in [1.82, 2.24) is 0 Å². The third-order valence-electron chi connectivity index (χ3n) is 3.29. The van der Waals surface area contributed by atoms with E-state index in [0.29, 0.717) is 0 Å². The van der Waals surface area contributed by atoms with Gasteiger partial charge in [0.1, 0.15) is 5.25 Å². The zero-order valence-electron chi connectivity index (χ0n) is 11.1. The van der Waals surface area contributed by atoms with Crippen LogP contribution >= 0.6 is 0 Å². The Morgan fingerprint density at radius 1 is 1.45 bits per heavy atom. The van der Waals surface area contributed by atoms with Crippen LogP contribution in [0.4, 0.5) is 5.69 Å². The second-order valence-electron chi connectivity index (χ2n) is 4.55. The normalized spacial score (nSPS) is 20.1. The molecule has 0 aliphatic carbocycles. The number of amides is 1. The molecule has 0 spiro atoms. The largest absolute Gasteiger partial charge is 0.298 e. The van der Waals surface area contributed by atoms with Gasteiger partial charge in [0.15, 0.2) is 15.6 Å². The van der Waals surface area contributed by atoms with Crippen molar-refractivity contribution in [3.63, 3.8) is 0 Å². The van der Waals surface area contributed by atoms with Gasteiger partial charge in [-0.1, -0.05) is 5.92 Å². The lowest BCUT2D eigenvalue weighted by Crippen LogP contribution is -2.46. The number of ketones is 1. The number of carbonyl (C=O) groups excluding carboxylic acids is 2. The average molecular weight is 291 g/mol. The van der Waals surface area contributed by atoms with E-state index in [1.54, 1.807) is 0 Å². The van der Waals surface area contributed by atoms with E-state index >= 15 is 0 Å². The maximum Gasteiger partial charge on any atom is 0.246 e. The molecule has 1 heterocycles. The van der Waals surface area contributed by atoms with Gasteiger partial charge in [-0.05, 0) is 32.0 Å². The summed E-state index contributed by atoms with van der Waals surface area (Å²) >= 11 is 0. The Morgan fingerprint density at radius 3 is 2.65 bits per heavy atom. The Kier molecular flexibility index (Phi) is 3.40. The molecule has 104 valence electrons. The van der Waals surface area contributed by atoms with Crippen molar-refractivity contribution in [1.29, 1.82) is 0 Å². The molecule has 5 nitrogen and oxygen atoms in total. The third kappa shape index (κ3) is 2.00. The summed E-state index contributed by atoms with van der Waals surface area (Å²) in [6, 6.07) is 4.24. The van der Waals surface area contributed by atoms with Gasteiger partial charge < -0.3 is 0 Å². The van der Waals surface area contributed by atoms with Gasteiger partial charge in [-0.3, -0.25) is 14.5 Å². The average Bonchev–Trinajstić information content (AvgIpc) is 2.41. The fourth-order valence-electron chi connectivity index (χ4n) is 2.10. The van der Waals surface area contributed by atoms with Crippen LogP contribution in [0.2, 0.25) is 0 Å². The van der Waals surface area contributed by atoms with Gasteiger partial charge in [0.05, 0.1) is 17.1 Å². The molecule has 20 heavy (non-hydrogen) atoms. The zero-order chi connectivity index (χ0) is 15.1. The van der Waals surface area contributed by atoms with Crippen molar-refractivity contribution in [2.45, 2.75) is 24.0 Å². The summed E-state index contributed by atoms with van der Waals surface area (Å²) in [5, 5.41) is -1.20. The number of nitrogens with zero attached hydrogens (tertiary/aromatic N) is 1. The second kappa shape index (κ2) is 4.76. The predicted molar refractivity (Wildman–Crippen MR) is 74.3 cm³/mol. The highest BCUT2D eigenvalue weighted by atomic mass is 32.2. The highest BCUT2D eigenvalue weighted by Gasteiger charge is 2.41. The van der Waals surface area contributed by atoms with Crippen LogP contribution in [-0.2, 0) is 14.6 Å². The van der Waals surface area contributed by atoms with Crippen molar-refractivity contribution >= 4 is 27.2 Å². The van der Waals surface area contributed by atoms with E-state index < -0.39 is 21.0 Å². The lowest BCUT2D eigenvalue weighted by molar-refractivity contribution is -0.118. The van der Waals surface area contributed by atoms with Crippen molar-refractivity contribution in [2.75, 3.05) is 11.4 Å².